The molecule has 0 N–H and O–H groups in total. The van der Waals surface area contributed by atoms with Gasteiger partial charge in [-0.15, -0.1) is 5.01 Å². The first kappa shape index (κ1) is 8.80. The summed E-state index contributed by atoms with van der Waals surface area (Å²) < 4.78 is 0. The van der Waals surface area contributed by atoms with Gasteiger partial charge in [-0.2, -0.15) is 0 Å². The SMILES string of the molecule is [O-]/N=[N+](\[O-])N1CCc2ccccc2C1. The van der Waals surface area contributed by atoms with Crippen molar-refractivity contribution in [1.29, 1.82) is 0 Å². The number of rotatable bonds is 1. The fourth-order valence-electron chi connectivity index (χ4n) is 1.68. The molecule has 0 unspecified atom stereocenters. The van der Waals surface area contributed by atoms with Gasteiger partial charge in [0.25, 0.3) is 0 Å². The third-order valence-electron chi connectivity index (χ3n) is 2.42. The summed E-state index contributed by atoms with van der Waals surface area (Å²) in [6.07, 6.45) is 0.782. The molecule has 5 heteroatoms. The summed E-state index contributed by atoms with van der Waals surface area (Å²) in [5.41, 5.74) is 2.33. The van der Waals surface area contributed by atoms with Crippen molar-refractivity contribution in [2.75, 3.05) is 6.54 Å². The first-order valence-corrected chi connectivity index (χ1v) is 4.43. The lowest BCUT2D eigenvalue weighted by atomic mass is 10.0. The Balaban J connectivity index is 2.21. The summed E-state index contributed by atoms with van der Waals surface area (Å²) in [4.78, 5) is 0.121. The largest absolute Gasteiger partial charge is 0.737 e. The number of hydrogen-bond acceptors (Lipinski definition) is 3. The van der Waals surface area contributed by atoms with Crippen molar-refractivity contribution in [2.24, 2.45) is 5.28 Å². The molecular formula is C9H10N3O2-. The maximum absolute atomic E-state index is 10.9. The Bertz CT molecular complexity index is 365. The summed E-state index contributed by atoms with van der Waals surface area (Å²) in [6, 6.07) is 7.89. The molecule has 0 atom stereocenters. The third kappa shape index (κ3) is 1.48. The summed E-state index contributed by atoms with van der Waals surface area (Å²) in [7, 11) is 0. The molecule has 5 nitrogen and oxygen atoms in total. The minimum atomic E-state index is 0.121. The molecule has 2 rings (SSSR count). The van der Waals surface area contributed by atoms with Crippen LogP contribution < -0.4 is 0 Å². The Hall–Kier alpha value is -1.78. The highest BCUT2D eigenvalue weighted by atomic mass is 16.6. The van der Waals surface area contributed by atoms with Gasteiger partial charge in [-0.1, -0.05) is 24.3 Å². The molecule has 0 fully saturated rings. The predicted octanol–water partition coefficient (Wildman–Crippen LogP) is 1.42. The lowest BCUT2D eigenvalue weighted by Crippen LogP contribution is -2.35. The fraction of sp³-hybridized carbons (Fsp3) is 0.333. The van der Waals surface area contributed by atoms with Crippen molar-refractivity contribution >= 4 is 0 Å². The normalized spacial score (nSPS) is 16.6. The predicted molar refractivity (Wildman–Crippen MR) is 50.0 cm³/mol. The van der Waals surface area contributed by atoms with Crippen molar-refractivity contribution in [3.63, 3.8) is 0 Å². The van der Waals surface area contributed by atoms with Crippen LogP contribution in [0.2, 0.25) is 0 Å². The minimum absolute atomic E-state index is 0.121. The standard InChI is InChI=1S/C9H11N3O2/c13-10-12(14)11-6-5-8-3-1-2-4-9(8)7-11/h1-4,13H,5-7H2/p-1/b12-10-. The summed E-state index contributed by atoms with van der Waals surface area (Å²) in [6.45, 7) is 1.01. The van der Waals surface area contributed by atoms with E-state index in [9.17, 15) is 10.4 Å². The van der Waals surface area contributed by atoms with Crippen LogP contribution in [-0.4, -0.2) is 16.5 Å². The molecule has 0 aromatic heterocycles. The molecule has 0 saturated heterocycles. The van der Waals surface area contributed by atoms with Gasteiger partial charge in [0.1, 0.15) is 6.54 Å². The third-order valence-corrected chi connectivity index (χ3v) is 2.42. The average Bonchev–Trinajstić information content (AvgIpc) is 2.27. The summed E-state index contributed by atoms with van der Waals surface area (Å²) in [5, 5.41) is 24.7. The molecule has 0 spiro atoms. The molecule has 0 amide bonds. The van der Waals surface area contributed by atoms with Gasteiger partial charge in [-0.25, -0.2) is 0 Å². The Morgan fingerprint density at radius 2 is 2.00 bits per heavy atom. The second-order valence-corrected chi connectivity index (χ2v) is 3.24. The van der Waals surface area contributed by atoms with Crippen LogP contribution in [0.4, 0.5) is 0 Å². The molecule has 1 aromatic carbocycles. The van der Waals surface area contributed by atoms with Crippen LogP contribution in [0.3, 0.4) is 0 Å². The van der Waals surface area contributed by atoms with Crippen molar-refractivity contribution in [3.05, 3.63) is 45.8 Å². The van der Waals surface area contributed by atoms with E-state index in [0.717, 1.165) is 12.0 Å². The highest BCUT2D eigenvalue weighted by Crippen LogP contribution is 2.18. The van der Waals surface area contributed by atoms with Crippen LogP contribution in [0.25, 0.3) is 0 Å². The lowest BCUT2D eigenvalue weighted by molar-refractivity contribution is -0.695. The van der Waals surface area contributed by atoms with Crippen LogP contribution in [0.5, 0.6) is 0 Å². The highest BCUT2D eigenvalue weighted by Gasteiger charge is 2.19. The zero-order valence-corrected chi connectivity index (χ0v) is 7.59. The van der Waals surface area contributed by atoms with E-state index < -0.39 is 0 Å². The lowest BCUT2D eigenvalue weighted by Gasteiger charge is -2.25. The van der Waals surface area contributed by atoms with Crippen LogP contribution in [0, 0.1) is 10.4 Å². The van der Waals surface area contributed by atoms with E-state index >= 15 is 0 Å². The second kappa shape index (κ2) is 3.53. The fourth-order valence-corrected chi connectivity index (χ4v) is 1.68. The van der Waals surface area contributed by atoms with Gasteiger partial charge < -0.3 is 10.4 Å². The first-order chi connectivity index (χ1) is 6.81. The molecule has 1 aromatic rings. The molecule has 74 valence electrons. The van der Waals surface area contributed by atoms with Gasteiger partial charge in [0.15, 0.2) is 0 Å². The van der Waals surface area contributed by atoms with E-state index in [1.165, 1.54) is 10.6 Å². The average molecular weight is 192 g/mol. The zero-order chi connectivity index (χ0) is 9.97. The first-order valence-electron chi connectivity index (χ1n) is 4.43. The van der Waals surface area contributed by atoms with Crippen molar-refractivity contribution < 1.29 is 4.97 Å². The van der Waals surface area contributed by atoms with Gasteiger partial charge in [0, 0.05) is 4.97 Å². The maximum atomic E-state index is 10.9. The molecule has 0 saturated carbocycles. The van der Waals surface area contributed by atoms with E-state index in [4.69, 9.17) is 0 Å². The molecule has 0 radical (unpaired) electrons. The summed E-state index contributed by atoms with van der Waals surface area (Å²) in [5.74, 6) is 0. The molecule has 1 aliphatic rings. The molecule has 0 aliphatic carbocycles. The Morgan fingerprint density at radius 1 is 1.29 bits per heavy atom. The van der Waals surface area contributed by atoms with Crippen molar-refractivity contribution in [1.82, 2.24) is 5.01 Å². The van der Waals surface area contributed by atoms with Crippen molar-refractivity contribution in [3.8, 4) is 0 Å². The topological polar surface area (TPSA) is 64.7 Å². The Kier molecular flexibility index (Phi) is 2.22. The van der Waals surface area contributed by atoms with Gasteiger partial charge >= 0.3 is 0 Å². The zero-order valence-electron chi connectivity index (χ0n) is 7.59. The molecule has 0 bridgehead atoms. The monoisotopic (exact) mass is 192 g/mol. The number of benzene rings is 1. The Labute approximate surface area is 81.4 Å². The molecule has 1 aliphatic heterocycles. The van der Waals surface area contributed by atoms with Crippen molar-refractivity contribution in [2.45, 2.75) is 13.0 Å². The quantitative estimate of drug-likeness (QED) is 0.384. The van der Waals surface area contributed by atoms with Gasteiger partial charge in [-0.3, -0.25) is 0 Å². The second-order valence-electron chi connectivity index (χ2n) is 3.24. The van der Waals surface area contributed by atoms with Crippen LogP contribution in [-0.2, 0) is 13.0 Å². The molecule has 14 heavy (non-hydrogen) atoms. The van der Waals surface area contributed by atoms with E-state index in [1.54, 1.807) is 0 Å². The number of nitrogens with zero attached hydrogens (tertiary/aromatic N) is 3. The molecular weight excluding hydrogens is 182 g/mol. The van der Waals surface area contributed by atoms with E-state index in [2.05, 4.69) is 5.28 Å². The highest BCUT2D eigenvalue weighted by molar-refractivity contribution is 5.28. The van der Waals surface area contributed by atoms with Gasteiger partial charge in [-0.05, 0) is 22.8 Å². The molecule has 1 heterocycles. The van der Waals surface area contributed by atoms with Gasteiger partial charge in [0.05, 0.1) is 6.54 Å². The van der Waals surface area contributed by atoms with E-state index in [1.807, 2.05) is 24.3 Å². The number of hydrazine groups is 1. The van der Waals surface area contributed by atoms with Crippen LogP contribution in [0.15, 0.2) is 29.5 Å². The summed E-state index contributed by atoms with van der Waals surface area (Å²) >= 11 is 0. The van der Waals surface area contributed by atoms with E-state index in [0.29, 0.717) is 13.1 Å². The van der Waals surface area contributed by atoms with Crippen LogP contribution in [0.1, 0.15) is 11.1 Å². The van der Waals surface area contributed by atoms with E-state index in [-0.39, 0.29) is 4.97 Å². The number of hydrogen-bond donors (Lipinski definition) is 0. The smallest absolute Gasteiger partial charge is 0.102 e. The van der Waals surface area contributed by atoms with Gasteiger partial charge in [0.2, 0.25) is 0 Å². The number of fused-ring (bicyclic) bond motifs is 1. The van der Waals surface area contributed by atoms with Crippen LogP contribution >= 0.6 is 0 Å². The minimum Gasteiger partial charge on any atom is -0.737 e. The Morgan fingerprint density at radius 3 is 2.71 bits per heavy atom. The maximum Gasteiger partial charge on any atom is 0.102 e.